The second-order valence-electron chi connectivity index (χ2n) is 6.37. The molecule has 0 aromatic heterocycles. The maximum atomic E-state index is 12.3. The lowest BCUT2D eigenvalue weighted by Gasteiger charge is -2.26. The molecule has 0 saturated heterocycles. The van der Waals surface area contributed by atoms with E-state index in [-0.39, 0.29) is 11.8 Å². The van der Waals surface area contributed by atoms with Crippen molar-refractivity contribution >= 4 is 27.3 Å². The highest BCUT2D eigenvalue weighted by atomic mass is 35.5. The van der Waals surface area contributed by atoms with E-state index in [0.29, 0.717) is 10.6 Å². The fourth-order valence-corrected chi connectivity index (χ4v) is 4.76. The topological polar surface area (TPSA) is 63.2 Å². The molecule has 6 heteroatoms. The number of halogens is 1. The van der Waals surface area contributed by atoms with Gasteiger partial charge in [0.2, 0.25) is 5.91 Å². The summed E-state index contributed by atoms with van der Waals surface area (Å²) in [6, 6.07) is 14.6. The zero-order chi connectivity index (χ0) is 17.9. The third-order valence-corrected chi connectivity index (χ3v) is 6.04. The summed E-state index contributed by atoms with van der Waals surface area (Å²) in [6.45, 7) is 0. The van der Waals surface area contributed by atoms with Gasteiger partial charge >= 0.3 is 0 Å². The van der Waals surface area contributed by atoms with Crippen molar-refractivity contribution in [1.82, 2.24) is 5.32 Å². The molecule has 1 atom stereocenters. The van der Waals surface area contributed by atoms with E-state index in [9.17, 15) is 13.2 Å². The van der Waals surface area contributed by atoms with Crippen molar-refractivity contribution in [2.75, 3.05) is 5.75 Å². The standard InChI is InChI=1S/C19H20ClNO3S/c20-16-8-3-5-14(11-16)12-25(23,24)13-19(22)21-18-10-4-7-15-6-1-2-9-17(15)18/h1-3,5-6,8-9,11,18H,4,7,10,12-13H2,(H,21,22). The third kappa shape index (κ3) is 4.83. The van der Waals surface area contributed by atoms with Crippen LogP contribution in [0.3, 0.4) is 0 Å². The Morgan fingerprint density at radius 3 is 2.76 bits per heavy atom. The number of nitrogens with one attached hydrogen (secondary N) is 1. The van der Waals surface area contributed by atoms with Crippen molar-refractivity contribution in [1.29, 1.82) is 0 Å². The Hall–Kier alpha value is -1.85. The van der Waals surface area contributed by atoms with E-state index in [4.69, 9.17) is 11.6 Å². The first kappa shape index (κ1) is 18.0. The summed E-state index contributed by atoms with van der Waals surface area (Å²) in [5.74, 6) is -1.16. The van der Waals surface area contributed by atoms with Gasteiger partial charge in [0.15, 0.2) is 9.84 Å². The average Bonchev–Trinajstić information content (AvgIpc) is 2.54. The number of hydrogen-bond donors (Lipinski definition) is 1. The second-order valence-corrected chi connectivity index (χ2v) is 8.87. The van der Waals surface area contributed by atoms with Crippen LogP contribution in [0.25, 0.3) is 0 Å². The van der Waals surface area contributed by atoms with Crippen LogP contribution in [-0.4, -0.2) is 20.1 Å². The summed E-state index contributed by atoms with van der Waals surface area (Å²) in [5.41, 5.74) is 2.90. The van der Waals surface area contributed by atoms with E-state index in [2.05, 4.69) is 11.4 Å². The molecule has 2 aromatic carbocycles. The first-order valence-corrected chi connectivity index (χ1v) is 10.4. The smallest absolute Gasteiger partial charge is 0.235 e. The van der Waals surface area contributed by atoms with Crippen LogP contribution in [0.4, 0.5) is 0 Å². The number of aryl methyl sites for hydroxylation is 1. The van der Waals surface area contributed by atoms with Crippen molar-refractivity contribution in [2.45, 2.75) is 31.1 Å². The molecule has 4 nitrogen and oxygen atoms in total. The molecule has 3 rings (SSSR count). The first-order chi connectivity index (χ1) is 11.9. The van der Waals surface area contributed by atoms with Crippen molar-refractivity contribution in [3.8, 4) is 0 Å². The molecule has 0 spiro atoms. The van der Waals surface area contributed by atoms with E-state index in [1.165, 1.54) is 5.56 Å². The largest absolute Gasteiger partial charge is 0.348 e. The summed E-state index contributed by atoms with van der Waals surface area (Å²) in [6.07, 6.45) is 2.81. The predicted octanol–water partition coefficient (Wildman–Crippen LogP) is 3.45. The Morgan fingerprint density at radius 2 is 1.96 bits per heavy atom. The summed E-state index contributed by atoms with van der Waals surface area (Å²) in [5, 5.41) is 3.37. The normalized spacial score (nSPS) is 16.9. The Labute approximate surface area is 153 Å². The molecule has 25 heavy (non-hydrogen) atoms. The Bertz CT molecular complexity index is 880. The van der Waals surface area contributed by atoms with Gasteiger partial charge in [0.05, 0.1) is 11.8 Å². The highest BCUT2D eigenvalue weighted by molar-refractivity contribution is 7.91. The van der Waals surface area contributed by atoms with Crippen LogP contribution in [0, 0.1) is 0 Å². The zero-order valence-corrected chi connectivity index (χ0v) is 15.3. The lowest BCUT2D eigenvalue weighted by Crippen LogP contribution is -2.35. The summed E-state index contributed by atoms with van der Waals surface area (Å²) in [7, 11) is -3.55. The number of amides is 1. The molecular formula is C19H20ClNO3S. The fourth-order valence-electron chi connectivity index (χ4n) is 3.27. The van der Waals surface area contributed by atoms with Gasteiger partial charge in [0.25, 0.3) is 0 Å². The van der Waals surface area contributed by atoms with Crippen molar-refractivity contribution in [2.24, 2.45) is 0 Å². The van der Waals surface area contributed by atoms with E-state index in [1.54, 1.807) is 24.3 Å². The van der Waals surface area contributed by atoms with Crippen LogP contribution in [-0.2, 0) is 26.8 Å². The number of sulfone groups is 1. The van der Waals surface area contributed by atoms with E-state index >= 15 is 0 Å². The molecule has 0 aliphatic heterocycles. The molecule has 2 aromatic rings. The van der Waals surface area contributed by atoms with Crippen LogP contribution in [0.2, 0.25) is 5.02 Å². The van der Waals surface area contributed by atoms with Crippen LogP contribution < -0.4 is 5.32 Å². The van der Waals surface area contributed by atoms with Crippen molar-refractivity contribution < 1.29 is 13.2 Å². The molecular weight excluding hydrogens is 358 g/mol. The quantitative estimate of drug-likeness (QED) is 0.868. The summed E-state index contributed by atoms with van der Waals surface area (Å²) < 4.78 is 24.6. The highest BCUT2D eigenvalue weighted by Gasteiger charge is 2.24. The molecule has 0 bridgehead atoms. The maximum absolute atomic E-state index is 12.3. The summed E-state index contributed by atoms with van der Waals surface area (Å²) in [4.78, 5) is 12.3. The number of carbonyl (C=O) groups is 1. The molecule has 1 amide bonds. The lowest BCUT2D eigenvalue weighted by molar-refractivity contribution is -0.119. The van der Waals surface area contributed by atoms with Crippen molar-refractivity contribution in [3.63, 3.8) is 0 Å². The van der Waals surface area contributed by atoms with Gasteiger partial charge in [-0.05, 0) is 48.1 Å². The Kier molecular flexibility index (Phi) is 5.45. The number of benzene rings is 2. The van der Waals surface area contributed by atoms with Gasteiger partial charge in [-0.2, -0.15) is 0 Å². The van der Waals surface area contributed by atoms with E-state index in [0.717, 1.165) is 24.8 Å². The van der Waals surface area contributed by atoms with Crippen LogP contribution in [0.15, 0.2) is 48.5 Å². The molecule has 1 N–H and O–H groups in total. The minimum absolute atomic E-state index is 0.112. The molecule has 0 radical (unpaired) electrons. The van der Waals surface area contributed by atoms with E-state index < -0.39 is 21.5 Å². The highest BCUT2D eigenvalue weighted by Crippen LogP contribution is 2.29. The third-order valence-electron chi connectivity index (χ3n) is 4.33. The molecule has 0 fully saturated rings. The minimum Gasteiger partial charge on any atom is -0.348 e. The zero-order valence-electron chi connectivity index (χ0n) is 13.7. The first-order valence-electron chi connectivity index (χ1n) is 8.25. The van der Waals surface area contributed by atoms with Gasteiger partial charge < -0.3 is 5.32 Å². The van der Waals surface area contributed by atoms with Crippen molar-refractivity contribution in [3.05, 3.63) is 70.2 Å². The maximum Gasteiger partial charge on any atom is 0.235 e. The van der Waals surface area contributed by atoms with E-state index in [1.807, 2.05) is 18.2 Å². The second kappa shape index (κ2) is 7.58. The number of hydrogen-bond acceptors (Lipinski definition) is 3. The van der Waals surface area contributed by atoms with Gasteiger partial charge in [0, 0.05) is 5.02 Å². The van der Waals surface area contributed by atoms with Gasteiger partial charge in [0.1, 0.15) is 5.75 Å². The lowest BCUT2D eigenvalue weighted by atomic mass is 9.88. The average molecular weight is 378 g/mol. The van der Waals surface area contributed by atoms with Crippen LogP contribution in [0.1, 0.15) is 35.6 Å². The Morgan fingerprint density at radius 1 is 1.16 bits per heavy atom. The van der Waals surface area contributed by atoms with Crippen LogP contribution >= 0.6 is 11.6 Å². The predicted molar refractivity (Wildman–Crippen MR) is 99.2 cm³/mol. The van der Waals surface area contributed by atoms with Gasteiger partial charge in [-0.1, -0.05) is 48.0 Å². The molecule has 1 aliphatic rings. The number of rotatable bonds is 5. The van der Waals surface area contributed by atoms with Gasteiger partial charge in [-0.3, -0.25) is 4.79 Å². The molecule has 0 saturated carbocycles. The molecule has 0 heterocycles. The minimum atomic E-state index is -3.55. The summed E-state index contributed by atoms with van der Waals surface area (Å²) >= 11 is 5.88. The van der Waals surface area contributed by atoms with Gasteiger partial charge in [-0.25, -0.2) is 8.42 Å². The molecule has 1 unspecified atom stereocenters. The monoisotopic (exact) mass is 377 g/mol. The fraction of sp³-hybridized carbons (Fsp3) is 0.316. The van der Waals surface area contributed by atoms with Gasteiger partial charge in [-0.15, -0.1) is 0 Å². The number of carbonyl (C=O) groups excluding carboxylic acids is 1. The SMILES string of the molecule is O=C(CS(=O)(=O)Cc1cccc(Cl)c1)NC1CCCc2ccccc21. The van der Waals surface area contributed by atoms with Crippen LogP contribution in [0.5, 0.6) is 0 Å². The molecule has 1 aliphatic carbocycles. The molecule has 132 valence electrons. The Balaban J connectivity index is 1.64. The number of fused-ring (bicyclic) bond motifs is 1.